The summed E-state index contributed by atoms with van der Waals surface area (Å²) >= 11 is 1.66. The van der Waals surface area contributed by atoms with Crippen LogP contribution in [-0.2, 0) is 17.8 Å². The molecule has 0 aliphatic heterocycles. The van der Waals surface area contributed by atoms with Crippen LogP contribution in [0.4, 0.5) is 5.69 Å². The maximum absolute atomic E-state index is 11.2. The lowest BCUT2D eigenvalue weighted by Crippen LogP contribution is -2.19. The Balaban J connectivity index is 1.89. The molecule has 0 aliphatic rings. The molecule has 0 fully saturated rings. The van der Waals surface area contributed by atoms with Crippen molar-refractivity contribution in [2.75, 3.05) is 12.4 Å². The average molecular weight is 275 g/mol. The fourth-order valence-electron chi connectivity index (χ4n) is 1.68. The summed E-state index contributed by atoms with van der Waals surface area (Å²) in [5, 5.41) is 9.05. The van der Waals surface area contributed by atoms with Gasteiger partial charge in [0.15, 0.2) is 0 Å². The highest BCUT2D eigenvalue weighted by molar-refractivity contribution is 7.09. The highest BCUT2D eigenvalue weighted by atomic mass is 32.1. The molecule has 1 aromatic heterocycles. The summed E-state index contributed by atoms with van der Waals surface area (Å²) < 4.78 is 0. The number of carbonyl (C=O) groups is 1. The second-order valence-corrected chi connectivity index (χ2v) is 5.23. The minimum absolute atomic E-state index is 0.0268. The molecular formula is C14H17N3OS. The third-order valence-electron chi connectivity index (χ3n) is 2.71. The maximum Gasteiger partial charge on any atom is 0.224 e. The largest absolute Gasteiger partial charge is 0.379 e. The summed E-state index contributed by atoms with van der Waals surface area (Å²) in [7, 11) is 1.65. The Morgan fingerprint density at radius 1 is 1.32 bits per heavy atom. The van der Waals surface area contributed by atoms with Crippen molar-refractivity contribution in [2.24, 2.45) is 0 Å². The first-order valence-electron chi connectivity index (χ1n) is 6.12. The quantitative estimate of drug-likeness (QED) is 0.880. The maximum atomic E-state index is 11.2. The van der Waals surface area contributed by atoms with Crippen LogP contribution in [0.25, 0.3) is 0 Å². The number of aryl methyl sites for hydroxylation is 1. The summed E-state index contributed by atoms with van der Waals surface area (Å²) in [4.78, 5) is 15.6. The molecule has 2 aromatic rings. The van der Waals surface area contributed by atoms with Crippen LogP contribution in [0, 0.1) is 6.92 Å². The first kappa shape index (κ1) is 13.5. The highest BCUT2D eigenvalue weighted by Crippen LogP contribution is 2.14. The van der Waals surface area contributed by atoms with Crippen LogP contribution in [0.15, 0.2) is 29.6 Å². The zero-order valence-electron chi connectivity index (χ0n) is 11.1. The Labute approximate surface area is 116 Å². The Morgan fingerprint density at radius 2 is 2.05 bits per heavy atom. The number of anilines is 1. The molecule has 5 heteroatoms. The minimum atomic E-state index is 0.0268. The molecule has 4 nitrogen and oxygen atoms in total. The monoisotopic (exact) mass is 275 g/mol. The van der Waals surface area contributed by atoms with Gasteiger partial charge in [-0.05, 0) is 24.6 Å². The van der Waals surface area contributed by atoms with Crippen molar-refractivity contribution in [1.29, 1.82) is 0 Å². The summed E-state index contributed by atoms with van der Waals surface area (Å²) in [6.45, 7) is 2.72. The average Bonchev–Trinajstić information content (AvgIpc) is 2.83. The molecule has 0 atom stereocenters. The van der Waals surface area contributed by atoms with Crippen LogP contribution in [-0.4, -0.2) is 17.9 Å². The van der Waals surface area contributed by atoms with Gasteiger partial charge in [0.1, 0.15) is 5.01 Å². The Kier molecular flexibility index (Phi) is 4.52. The van der Waals surface area contributed by atoms with Crippen molar-refractivity contribution in [1.82, 2.24) is 10.3 Å². The van der Waals surface area contributed by atoms with E-state index < -0.39 is 0 Å². The summed E-state index contributed by atoms with van der Waals surface area (Å²) in [5.74, 6) is 0.0268. The second-order valence-electron chi connectivity index (χ2n) is 4.28. The third kappa shape index (κ3) is 4.06. The van der Waals surface area contributed by atoms with E-state index in [-0.39, 0.29) is 5.91 Å². The third-order valence-corrected chi connectivity index (χ3v) is 3.67. The van der Waals surface area contributed by atoms with Gasteiger partial charge in [-0.1, -0.05) is 12.1 Å². The predicted molar refractivity (Wildman–Crippen MR) is 78.4 cm³/mol. The molecule has 1 aromatic carbocycles. The standard InChI is InChI=1S/C14H17N3OS/c1-10-9-19-14(17-10)8-16-12-5-3-11(4-6-12)7-13(18)15-2/h3-6,9,16H,7-8H2,1-2H3,(H,15,18). The van der Waals surface area contributed by atoms with Crippen molar-refractivity contribution in [3.8, 4) is 0 Å². The van der Waals surface area contributed by atoms with Gasteiger partial charge in [0.05, 0.1) is 13.0 Å². The van der Waals surface area contributed by atoms with Crippen LogP contribution in [0.2, 0.25) is 0 Å². The van der Waals surface area contributed by atoms with Crippen molar-refractivity contribution in [2.45, 2.75) is 19.9 Å². The first-order valence-corrected chi connectivity index (χ1v) is 7.00. The lowest BCUT2D eigenvalue weighted by molar-refractivity contribution is -0.119. The van der Waals surface area contributed by atoms with Crippen molar-refractivity contribution < 1.29 is 4.79 Å². The topological polar surface area (TPSA) is 54.0 Å². The van der Waals surface area contributed by atoms with E-state index in [0.717, 1.165) is 28.5 Å². The number of amides is 1. The number of thiazole rings is 1. The second kappa shape index (κ2) is 6.33. The fourth-order valence-corrected chi connectivity index (χ4v) is 2.39. The van der Waals surface area contributed by atoms with E-state index in [0.29, 0.717) is 6.42 Å². The fraction of sp³-hybridized carbons (Fsp3) is 0.286. The Morgan fingerprint density at radius 3 is 2.63 bits per heavy atom. The van der Waals surface area contributed by atoms with Gasteiger partial charge in [0.2, 0.25) is 5.91 Å². The van der Waals surface area contributed by atoms with Gasteiger partial charge in [0, 0.05) is 23.8 Å². The molecule has 0 unspecified atom stereocenters. The van der Waals surface area contributed by atoms with Gasteiger partial charge >= 0.3 is 0 Å². The van der Waals surface area contributed by atoms with Gasteiger partial charge in [0.25, 0.3) is 0 Å². The van der Waals surface area contributed by atoms with Crippen LogP contribution < -0.4 is 10.6 Å². The smallest absolute Gasteiger partial charge is 0.224 e. The number of carbonyl (C=O) groups excluding carboxylic acids is 1. The number of nitrogens with zero attached hydrogens (tertiary/aromatic N) is 1. The van der Waals surface area contributed by atoms with Crippen molar-refractivity contribution in [3.05, 3.63) is 45.9 Å². The predicted octanol–water partition coefficient (Wildman–Crippen LogP) is 2.35. The molecule has 0 aliphatic carbocycles. The zero-order chi connectivity index (χ0) is 13.7. The first-order chi connectivity index (χ1) is 9.17. The van der Waals surface area contributed by atoms with E-state index in [1.807, 2.05) is 36.6 Å². The highest BCUT2D eigenvalue weighted by Gasteiger charge is 2.02. The minimum Gasteiger partial charge on any atom is -0.379 e. The van der Waals surface area contributed by atoms with E-state index >= 15 is 0 Å². The number of rotatable bonds is 5. The molecule has 2 rings (SSSR count). The summed E-state index contributed by atoms with van der Waals surface area (Å²) in [5.41, 5.74) is 3.10. The van der Waals surface area contributed by atoms with Crippen LogP contribution in [0.5, 0.6) is 0 Å². The van der Waals surface area contributed by atoms with E-state index in [9.17, 15) is 4.79 Å². The van der Waals surface area contributed by atoms with Crippen LogP contribution >= 0.6 is 11.3 Å². The number of likely N-dealkylation sites (N-methyl/N-ethyl adjacent to an activating group) is 1. The molecule has 0 bridgehead atoms. The molecule has 19 heavy (non-hydrogen) atoms. The molecule has 1 amide bonds. The molecule has 0 radical (unpaired) electrons. The van der Waals surface area contributed by atoms with Gasteiger partial charge in [-0.2, -0.15) is 0 Å². The van der Waals surface area contributed by atoms with E-state index in [4.69, 9.17) is 0 Å². The van der Waals surface area contributed by atoms with E-state index in [1.165, 1.54) is 0 Å². The number of benzene rings is 1. The van der Waals surface area contributed by atoms with Gasteiger partial charge < -0.3 is 10.6 Å². The molecular weight excluding hydrogens is 258 g/mol. The lowest BCUT2D eigenvalue weighted by atomic mass is 10.1. The van der Waals surface area contributed by atoms with Crippen LogP contribution in [0.3, 0.4) is 0 Å². The number of hydrogen-bond acceptors (Lipinski definition) is 4. The number of aromatic nitrogens is 1. The number of nitrogens with one attached hydrogen (secondary N) is 2. The van der Waals surface area contributed by atoms with Crippen molar-refractivity contribution in [3.63, 3.8) is 0 Å². The summed E-state index contributed by atoms with van der Waals surface area (Å²) in [6.07, 6.45) is 0.419. The van der Waals surface area contributed by atoms with Gasteiger partial charge in [-0.25, -0.2) is 4.98 Å². The Hall–Kier alpha value is -1.88. The zero-order valence-corrected chi connectivity index (χ0v) is 11.9. The van der Waals surface area contributed by atoms with Crippen LogP contribution in [0.1, 0.15) is 16.3 Å². The molecule has 0 spiro atoms. The number of hydrogen-bond donors (Lipinski definition) is 2. The normalized spacial score (nSPS) is 10.2. The van der Waals surface area contributed by atoms with E-state index in [1.54, 1.807) is 18.4 Å². The SMILES string of the molecule is CNC(=O)Cc1ccc(NCc2nc(C)cs2)cc1. The van der Waals surface area contributed by atoms with E-state index in [2.05, 4.69) is 15.6 Å². The molecule has 100 valence electrons. The molecule has 1 heterocycles. The summed E-state index contributed by atoms with van der Waals surface area (Å²) in [6, 6.07) is 7.90. The molecule has 0 saturated carbocycles. The van der Waals surface area contributed by atoms with Gasteiger partial charge in [-0.3, -0.25) is 4.79 Å². The molecule has 2 N–H and O–H groups in total. The molecule has 0 saturated heterocycles. The lowest BCUT2D eigenvalue weighted by Gasteiger charge is -2.06. The van der Waals surface area contributed by atoms with Gasteiger partial charge in [-0.15, -0.1) is 11.3 Å². The Bertz CT molecular complexity index is 548. The van der Waals surface area contributed by atoms with Crippen molar-refractivity contribution >= 4 is 22.9 Å².